The highest BCUT2D eigenvalue weighted by molar-refractivity contribution is 6.32. The van der Waals surface area contributed by atoms with E-state index in [9.17, 15) is 9.90 Å². The normalized spacial score (nSPS) is 14.3. The number of benzene rings is 1. The Kier molecular flexibility index (Phi) is 4.07. The van der Waals surface area contributed by atoms with Crippen LogP contribution in [0, 0.1) is 0 Å². The number of carboxylic acid groups (broad SMARTS) is 1. The lowest BCUT2D eigenvalue weighted by Crippen LogP contribution is -2.04. The van der Waals surface area contributed by atoms with Gasteiger partial charge in [-0.15, -0.1) is 0 Å². The van der Waals surface area contributed by atoms with Gasteiger partial charge < -0.3 is 9.84 Å². The second kappa shape index (κ2) is 6.01. The van der Waals surface area contributed by atoms with Gasteiger partial charge in [-0.25, -0.2) is 9.48 Å². The lowest BCUT2D eigenvalue weighted by atomic mass is 10.1. The van der Waals surface area contributed by atoms with E-state index in [4.69, 9.17) is 16.3 Å². The summed E-state index contributed by atoms with van der Waals surface area (Å²) in [4.78, 5) is 11.5. The Balaban J connectivity index is 2.14. The number of halogens is 1. The zero-order valence-corrected chi connectivity index (χ0v) is 13.1. The van der Waals surface area contributed by atoms with Crippen molar-refractivity contribution in [1.82, 2.24) is 9.78 Å². The molecule has 6 heteroatoms. The maximum Gasteiger partial charge on any atom is 0.356 e. The molecule has 0 bridgehead atoms. The lowest BCUT2D eigenvalue weighted by molar-refractivity contribution is 0.0688. The first-order valence-corrected chi connectivity index (χ1v) is 7.67. The van der Waals surface area contributed by atoms with Crippen LogP contribution in [0.15, 0.2) is 18.2 Å². The lowest BCUT2D eigenvalue weighted by Gasteiger charge is -2.09. The maximum absolute atomic E-state index is 11.5. The summed E-state index contributed by atoms with van der Waals surface area (Å²) in [6.45, 7) is 0. The van der Waals surface area contributed by atoms with Crippen LogP contribution in [0.1, 0.15) is 41.0 Å². The minimum Gasteiger partial charge on any atom is -0.495 e. The Morgan fingerprint density at radius 2 is 2.09 bits per heavy atom. The molecule has 2 aromatic rings. The molecule has 0 aliphatic heterocycles. The molecule has 0 atom stereocenters. The number of hydrogen-bond donors (Lipinski definition) is 1. The van der Waals surface area contributed by atoms with Gasteiger partial charge in [0.1, 0.15) is 5.75 Å². The van der Waals surface area contributed by atoms with E-state index in [0.29, 0.717) is 10.8 Å². The summed E-state index contributed by atoms with van der Waals surface area (Å²) in [5.74, 6) is -0.390. The summed E-state index contributed by atoms with van der Waals surface area (Å²) < 4.78 is 6.87. The molecule has 0 saturated carbocycles. The zero-order chi connectivity index (χ0) is 15.7. The Bertz CT molecular complexity index is 724. The molecule has 0 saturated heterocycles. The van der Waals surface area contributed by atoms with Gasteiger partial charge in [0.05, 0.1) is 17.8 Å². The average molecular weight is 321 g/mol. The molecule has 116 valence electrons. The van der Waals surface area contributed by atoms with Gasteiger partial charge in [0, 0.05) is 11.3 Å². The summed E-state index contributed by atoms with van der Waals surface area (Å²) in [6.07, 6.45) is 4.75. The van der Waals surface area contributed by atoms with Crippen LogP contribution in [-0.4, -0.2) is 28.0 Å². The fourth-order valence-electron chi connectivity index (χ4n) is 2.95. The van der Waals surface area contributed by atoms with E-state index in [1.807, 2.05) is 6.07 Å². The number of aromatic carboxylic acids is 1. The van der Waals surface area contributed by atoms with E-state index in [2.05, 4.69) is 5.10 Å². The molecular weight excluding hydrogens is 304 g/mol. The van der Waals surface area contributed by atoms with E-state index < -0.39 is 5.97 Å². The van der Waals surface area contributed by atoms with Gasteiger partial charge in [-0.05, 0) is 43.9 Å². The van der Waals surface area contributed by atoms with Gasteiger partial charge >= 0.3 is 5.97 Å². The molecule has 1 heterocycles. The number of ether oxygens (including phenoxy) is 1. The van der Waals surface area contributed by atoms with Crippen molar-refractivity contribution >= 4 is 17.6 Å². The van der Waals surface area contributed by atoms with Gasteiger partial charge in [0.15, 0.2) is 5.69 Å². The van der Waals surface area contributed by atoms with E-state index in [1.54, 1.807) is 23.9 Å². The number of fused-ring (bicyclic) bond motifs is 1. The number of nitrogens with zero attached hydrogens (tertiary/aromatic N) is 2. The summed E-state index contributed by atoms with van der Waals surface area (Å²) in [7, 11) is 1.56. The van der Waals surface area contributed by atoms with Crippen molar-refractivity contribution in [3.8, 4) is 11.4 Å². The van der Waals surface area contributed by atoms with Crippen LogP contribution in [0.5, 0.6) is 5.75 Å². The Morgan fingerprint density at radius 3 is 2.77 bits per heavy atom. The van der Waals surface area contributed by atoms with Crippen LogP contribution in [-0.2, 0) is 12.8 Å². The SMILES string of the molecule is COc1ccc(-n2nc(C(=O)O)c3c2CCCCC3)cc1Cl. The maximum atomic E-state index is 11.5. The molecule has 1 aromatic carbocycles. The third-order valence-corrected chi connectivity index (χ3v) is 4.31. The van der Waals surface area contributed by atoms with E-state index >= 15 is 0 Å². The molecule has 1 aromatic heterocycles. The van der Waals surface area contributed by atoms with Gasteiger partial charge in [-0.3, -0.25) is 0 Å². The monoisotopic (exact) mass is 320 g/mol. The number of aromatic nitrogens is 2. The molecule has 0 radical (unpaired) electrons. The average Bonchev–Trinajstić information content (AvgIpc) is 2.69. The van der Waals surface area contributed by atoms with Crippen molar-refractivity contribution < 1.29 is 14.6 Å². The molecule has 0 fully saturated rings. The Morgan fingerprint density at radius 1 is 1.32 bits per heavy atom. The number of carboxylic acids is 1. The molecule has 0 spiro atoms. The molecular formula is C16H17ClN2O3. The van der Waals surface area contributed by atoms with Crippen LogP contribution in [0.25, 0.3) is 5.69 Å². The largest absolute Gasteiger partial charge is 0.495 e. The molecule has 22 heavy (non-hydrogen) atoms. The first kappa shape index (κ1) is 14.9. The zero-order valence-electron chi connectivity index (χ0n) is 12.3. The standard InChI is InChI=1S/C16H17ClN2O3/c1-22-14-8-7-10(9-12(14)17)19-13-6-4-2-3-5-11(13)15(18-19)16(20)21/h7-9H,2-6H2,1H3,(H,20,21). The molecule has 5 nitrogen and oxygen atoms in total. The predicted molar refractivity (Wildman–Crippen MR) is 83.3 cm³/mol. The van der Waals surface area contributed by atoms with Crippen LogP contribution in [0.4, 0.5) is 0 Å². The van der Waals surface area contributed by atoms with Crippen molar-refractivity contribution in [1.29, 1.82) is 0 Å². The van der Waals surface area contributed by atoms with Crippen molar-refractivity contribution in [3.05, 3.63) is 40.2 Å². The minimum absolute atomic E-state index is 0.156. The summed E-state index contributed by atoms with van der Waals surface area (Å²) in [5.41, 5.74) is 2.76. The second-order valence-corrected chi connectivity index (χ2v) is 5.78. The van der Waals surface area contributed by atoms with Gasteiger partial charge in [0.2, 0.25) is 0 Å². The molecule has 0 unspecified atom stereocenters. The van der Waals surface area contributed by atoms with Crippen molar-refractivity contribution in [2.45, 2.75) is 32.1 Å². The summed E-state index contributed by atoms with van der Waals surface area (Å²) >= 11 is 6.18. The smallest absolute Gasteiger partial charge is 0.356 e. The predicted octanol–water partition coefficient (Wildman–Crippen LogP) is 3.50. The van der Waals surface area contributed by atoms with Crippen molar-refractivity contribution in [2.24, 2.45) is 0 Å². The van der Waals surface area contributed by atoms with Crippen LogP contribution in [0.2, 0.25) is 5.02 Å². The topological polar surface area (TPSA) is 64.4 Å². The van der Waals surface area contributed by atoms with Gasteiger partial charge in [-0.1, -0.05) is 18.0 Å². The van der Waals surface area contributed by atoms with Gasteiger partial charge in [-0.2, -0.15) is 5.10 Å². The fraction of sp³-hybridized carbons (Fsp3) is 0.375. The Labute approximate surface area is 133 Å². The number of methoxy groups -OCH3 is 1. The molecule has 1 N–H and O–H groups in total. The highest BCUT2D eigenvalue weighted by Crippen LogP contribution is 2.30. The van der Waals surface area contributed by atoms with E-state index in [-0.39, 0.29) is 5.69 Å². The third-order valence-electron chi connectivity index (χ3n) is 4.01. The number of carbonyl (C=O) groups is 1. The van der Waals surface area contributed by atoms with Crippen LogP contribution in [0.3, 0.4) is 0 Å². The quantitative estimate of drug-likeness (QED) is 0.879. The van der Waals surface area contributed by atoms with Crippen molar-refractivity contribution in [2.75, 3.05) is 7.11 Å². The van der Waals surface area contributed by atoms with E-state index in [1.165, 1.54) is 0 Å². The van der Waals surface area contributed by atoms with Crippen LogP contribution >= 0.6 is 11.6 Å². The van der Waals surface area contributed by atoms with Crippen molar-refractivity contribution in [3.63, 3.8) is 0 Å². The molecule has 1 aliphatic rings. The van der Waals surface area contributed by atoms with Crippen LogP contribution < -0.4 is 4.74 Å². The minimum atomic E-state index is -0.975. The molecule has 1 aliphatic carbocycles. The highest BCUT2D eigenvalue weighted by Gasteiger charge is 2.24. The highest BCUT2D eigenvalue weighted by atomic mass is 35.5. The first-order chi connectivity index (χ1) is 10.6. The van der Waals surface area contributed by atoms with E-state index in [0.717, 1.165) is 49.0 Å². The summed E-state index contributed by atoms with van der Waals surface area (Å²) in [5, 5.41) is 14.2. The number of rotatable bonds is 3. The van der Waals surface area contributed by atoms with Gasteiger partial charge in [0.25, 0.3) is 0 Å². The molecule has 0 amide bonds. The fourth-order valence-corrected chi connectivity index (χ4v) is 3.20. The summed E-state index contributed by atoms with van der Waals surface area (Å²) in [6, 6.07) is 5.36. The third kappa shape index (κ3) is 2.57. The first-order valence-electron chi connectivity index (χ1n) is 7.30. The molecule has 3 rings (SSSR count). The number of hydrogen-bond acceptors (Lipinski definition) is 3. The second-order valence-electron chi connectivity index (χ2n) is 5.37. The Hall–Kier alpha value is -2.01.